The number of halogens is 2. The largest absolute Gasteiger partial charge is 1.00 e. The van der Waals surface area contributed by atoms with Crippen LogP contribution in [0.3, 0.4) is 0 Å². The second-order valence-electron chi connectivity index (χ2n) is 4.01. The molecule has 3 rings (SSSR count). The van der Waals surface area contributed by atoms with Crippen molar-refractivity contribution in [3.05, 3.63) is 30.2 Å². The van der Waals surface area contributed by atoms with Crippen LogP contribution in [0.25, 0.3) is 5.65 Å². The monoisotopic (exact) mass is 272 g/mol. The molecule has 3 heterocycles. The Hall–Kier alpha value is -0.840. The number of hydrogen-bond donors (Lipinski definition) is 1. The summed E-state index contributed by atoms with van der Waals surface area (Å²) in [5.41, 5.74) is 0.950. The Labute approximate surface area is 113 Å². The van der Waals surface area contributed by atoms with Crippen molar-refractivity contribution < 1.29 is 24.8 Å². The highest BCUT2D eigenvalue weighted by Crippen LogP contribution is 2.23. The molecule has 0 bridgehead atoms. The van der Waals surface area contributed by atoms with E-state index in [0.29, 0.717) is 5.92 Å². The van der Waals surface area contributed by atoms with Gasteiger partial charge in [0.1, 0.15) is 5.82 Å². The highest BCUT2D eigenvalue weighted by molar-refractivity contribution is 5.37. The van der Waals surface area contributed by atoms with Gasteiger partial charge in [0.15, 0.2) is 5.65 Å². The average molecular weight is 273 g/mol. The fourth-order valence-electron chi connectivity index (χ4n) is 2.22. The lowest BCUT2D eigenvalue weighted by Crippen LogP contribution is -3.00. The van der Waals surface area contributed by atoms with Gasteiger partial charge in [-0.1, -0.05) is 6.07 Å². The number of hydrogen-bond acceptors (Lipinski definition) is 3. The van der Waals surface area contributed by atoms with Crippen molar-refractivity contribution in [3.8, 4) is 0 Å². The number of aromatic nitrogens is 3. The molecule has 2 aromatic heterocycles. The van der Waals surface area contributed by atoms with Crippen LogP contribution < -0.4 is 30.1 Å². The third-order valence-electron chi connectivity index (χ3n) is 3.04. The predicted octanol–water partition coefficient (Wildman–Crippen LogP) is -4.80. The summed E-state index contributed by atoms with van der Waals surface area (Å²) >= 11 is 0. The molecule has 0 spiro atoms. The van der Waals surface area contributed by atoms with Gasteiger partial charge >= 0.3 is 0 Å². The lowest BCUT2D eigenvalue weighted by Gasteiger charge is -2.20. The summed E-state index contributed by atoms with van der Waals surface area (Å²) in [6.45, 7) is 2.18. The van der Waals surface area contributed by atoms with Crippen LogP contribution in [-0.2, 0) is 0 Å². The van der Waals surface area contributed by atoms with Gasteiger partial charge in [-0.05, 0) is 38.1 Å². The maximum Gasteiger partial charge on any atom is 0.160 e. The molecule has 0 amide bonds. The van der Waals surface area contributed by atoms with Crippen molar-refractivity contribution in [2.24, 2.45) is 0 Å². The van der Waals surface area contributed by atoms with Crippen molar-refractivity contribution in [2.45, 2.75) is 18.8 Å². The van der Waals surface area contributed by atoms with E-state index in [0.717, 1.165) is 37.4 Å². The van der Waals surface area contributed by atoms with E-state index in [1.165, 1.54) is 0 Å². The summed E-state index contributed by atoms with van der Waals surface area (Å²) in [5.74, 6) is 1.68. The van der Waals surface area contributed by atoms with Gasteiger partial charge in [0.25, 0.3) is 0 Å². The first kappa shape index (κ1) is 14.2. The molecule has 0 radical (unpaired) electrons. The van der Waals surface area contributed by atoms with Gasteiger partial charge in [-0.3, -0.25) is 4.40 Å². The van der Waals surface area contributed by atoms with Gasteiger partial charge in [0, 0.05) is 12.1 Å². The maximum atomic E-state index is 4.30. The van der Waals surface area contributed by atoms with Gasteiger partial charge in [0.2, 0.25) is 0 Å². The Morgan fingerprint density at radius 2 is 1.88 bits per heavy atom. The molecular weight excluding hydrogens is 259 g/mol. The van der Waals surface area contributed by atoms with Crippen molar-refractivity contribution in [3.63, 3.8) is 0 Å². The van der Waals surface area contributed by atoms with E-state index in [1.54, 1.807) is 0 Å². The molecular formula is C11H14Cl2N4-2. The first-order chi connectivity index (χ1) is 7.45. The van der Waals surface area contributed by atoms with E-state index in [4.69, 9.17) is 0 Å². The molecule has 0 atom stereocenters. The van der Waals surface area contributed by atoms with Crippen molar-refractivity contribution in [1.82, 2.24) is 19.9 Å². The molecule has 1 aliphatic rings. The zero-order chi connectivity index (χ0) is 10.1. The fourth-order valence-corrected chi connectivity index (χ4v) is 2.22. The molecule has 94 valence electrons. The highest BCUT2D eigenvalue weighted by Gasteiger charge is 2.19. The maximum absolute atomic E-state index is 4.30. The summed E-state index contributed by atoms with van der Waals surface area (Å²) in [5, 5.41) is 11.9. The molecule has 0 unspecified atom stereocenters. The number of nitrogens with one attached hydrogen (secondary N) is 1. The average Bonchev–Trinajstić information content (AvgIpc) is 2.74. The second-order valence-corrected chi connectivity index (χ2v) is 4.01. The van der Waals surface area contributed by atoms with E-state index in [-0.39, 0.29) is 24.8 Å². The van der Waals surface area contributed by atoms with E-state index < -0.39 is 0 Å². The van der Waals surface area contributed by atoms with Crippen LogP contribution in [-0.4, -0.2) is 27.7 Å². The quantitative estimate of drug-likeness (QED) is 0.567. The summed E-state index contributed by atoms with van der Waals surface area (Å²) in [4.78, 5) is 0. The minimum atomic E-state index is 0. The van der Waals surface area contributed by atoms with E-state index >= 15 is 0 Å². The Morgan fingerprint density at radius 3 is 2.65 bits per heavy atom. The number of pyridine rings is 1. The normalized spacial score (nSPS) is 16.2. The lowest BCUT2D eigenvalue weighted by atomic mass is 9.97. The zero-order valence-electron chi connectivity index (χ0n) is 9.31. The van der Waals surface area contributed by atoms with Crippen LogP contribution in [0, 0.1) is 0 Å². The van der Waals surface area contributed by atoms with Crippen LogP contribution in [0.4, 0.5) is 0 Å². The molecule has 2 aromatic rings. The number of rotatable bonds is 1. The summed E-state index contributed by atoms with van der Waals surface area (Å²) in [6, 6.07) is 6.02. The third kappa shape index (κ3) is 2.70. The van der Waals surface area contributed by atoms with Crippen molar-refractivity contribution in [1.29, 1.82) is 0 Å². The van der Waals surface area contributed by atoms with Crippen molar-refractivity contribution in [2.75, 3.05) is 13.1 Å². The van der Waals surface area contributed by atoms with Gasteiger partial charge in [-0.25, -0.2) is 0 Å². The first-order valence-corrected chi connectivity index (χ1v) is 5.45. The smallest absolute Gasteiger partial charge is 0.160 e. The molecule has 1 fully saturated rings. The molecule has 1 aliphatic heterocycles. The Morgan fingerprint density at radius 1 is 1.12 bits per heavy atom. The fraction of sp³-hybridized carbons (Fsp3) is 0.455. The van der Waals surface area contributed by atoms with E-state index in [2.05, 4.69) is 19.9 Å². The Bertz CT molecular complexity index is 465. The molecule has 17 heavy (non-hydrogen) atoms. The van der Waals surface area contributed by atoms with E-state index in [1.807, 2.05) is 24.4 Å². The van der Waals surface area contributed by atoms with Gasteiger partial charge in [-0.15, -0.1) is 10.2 Å². The number of fused-ring (bicyclic) bond motifs is 1. The van der Waals surface area contributed by atoms with Crippen LogP contribution >= 0.6 is 0 Å². The Balaban J connectivity index is 0.000000722. The summed E-state index contributed by atoms with van der Waals surface area (Å²) < 4.78 is 2.11. The first-order valence-electron chi connectivity index (χ1n) is 5.45. The van der Waals surface area contributed by atoms with Crippen LogP contribution in [0.15, 0.2) is 24.4 Å². The minimum absolute atomic E-state index is 0. The molecule has 0 aromatic carbocycles. The second kappa shape index (κ2) is 6.19. The zero-order valence-corrected chi connectivity index (χ0v) is 10.8. The third-order valence-corrected chi connectivity index (χ3v) is 3.04. The van der Waals surface area contributed by atoms with Gasteiger partial charge < -0.3 is 30.1 Å². The minimum Gasteiger partial charge on any atom is -1.00 e. The highest BCUT2D eigenvalue weighted by atomic mass is 35.5. The predicted molar refractivity (Wildman–Crippen MR) is 57.8 cm³/mol. The summed E-state index contributed by atoms with van der Waals surface area (Å²) in [7, 11) is 0. The number of nitrogens with zero attached hydrogens (tertiary/aromatic N) is 3. The molecule has 1 saturated heterocycles. The topological polar surface area (TPSA) is 42.2 Å². The van der Waals surface area contributed by atoms with Crippen LogP contribution in [0.1, 0.15) is 24.6 Å². The standard InChI is InChI=1S/C11H14N4.2ClH/c1-2-8-15-10(3-1)13-14-11(15)9-4-6-12-7-5-9;;/h1-3,8-9,12H,4-7H2;2*1H/p-2. The summed E-state index contributed by atoms with van der Waals surface area (Å²) in [6.07, 6.45) is 4.37. The number of piperidine rings is 1. The SMILES string of the molecule is [Cl-].[Cl-].c1ccn2c(C3CCNCC3)nnc2c1. The van der Waals surface area contributed by atoms with Crippen LogP contribution in [0.2, 0.25) is 0 Å². The molecule has 4 nitrogen and oxygen atoms in total. The molecule has 1 N–H and O–H groups in total. The van der Waals surface area contributed by atoms with Gasteiger partial charge in [0.05, 0.1) is 0 Å². The van der Waals surface area contributed by atoms with Gasteiger partial charge in [-0.2, -0.15) is 0 Å². The van der Waals surface area contributed by atoms with E-state index in [9.17, 15) is 0 Å². The molecule has 0 saturated carbocycles. The van der Waals surface area contributed by atoms with Crippen molar-refractivity contribution >= 4 is 5.65 Å². The molecule has 6 heteroatoms. The Kier molecular flexibility index (Phi) is 5.18. The lowest BCUT2D eigenvalue weighted by molar-refractivity contribution is -0.00100. The molecule has 0 aliphatic carbocycles. The van der Waals surface area contributed by atoms with Crippen LogP contribution in [0.5, 0.6) is 0 Å².